The molecule has 1 N–H and O–H groups in total. The number of hydrogen-bond acceptors (Lipinski definition) is 4. The first-order chi connectivity index (χ1) is 16.0. The number of aromatic nitrogens is 1. The van der Waals surface area contributed by atoms with Crippen LogP contribution in [0.2, 0.25) is 0 Å². The van der Waals surface area contributed by atoms with Gasteiger partial charge in [0.05, 0.1) is 16.8 Å². The maximum Gasteiger partial charge on any atom is 0.339 e. The van der Waals surface area contributed by atoms with Gasteiger partial charge in [0.2, 0.25) is 0 Å². The van der Waals surface area contributed by atoms with Crippen LogP contribution in [0.25, 0.3) is 10.9 Å². The molecule has 1 aliphatic carbocycles. The minimum Gasteiger partial charge on any atom is -0.452 e. The van der Waals surface area contributed by atoms with Crippen molar-refractivity contribution in [1.29, 1.82) is 0 Å². The molecule has 7 heteroatoms. The molecule has 2 aromatic carbocycles. The average Bonchev–Trinajstić information content (AvgIpc) is 2.77. The number of fused-ring (bicyclic) bond motifs is 2. The fourth-order valence-electron chi connectivity index (χ4n) is 4.56. The second-order valence-corrected chi connectivity index (χ2v) is 11.7. The summed E-state index contributed by atoms with van der Waals surface area (Å²) in [6.45, 7) is 8.30. The van der Waals surface area contributed by atoms with E-state index in [0.717, 1.165) is 55.9 Å². The minimum atomic E-state index is -0.485. The van der Waals surface area contributed by atoms with Gasteiger partial charge in [-0.1, -0.05) is 39.0 Å². The van der Waals surface area contributed by atoms with E-state index in [2.05, 4.69) is 57.9 Å². The second kappa shape index (κ2) is 9.78. The number of aryl methyl sites for hydroxylation is 2. The molecule has 178 valence electrons. The predicted octanol–water partition coefficient (Wildman–Crippen LogP) is 7.01. The number of nitrogens with one attached hydrogen (secondary N) is 1. The molecule has 0 radical (unpaired) electrons. The van der Waals surface area contributed by atoms with Crippen molar-refractivity contribution in [3.63, 3.8) is 0 Å². The van der Waals surface area contributed by atoms with E-state index in [4.69, 9.17) is 9.72 Å². The molecular weight excluding hydrogens is 560 g/mol. The van der Waals surface area contributed by atoms with Crippen molar-refractivity contribution in [2.75, 3.05) is 11.9 Å². The highest BCUT2D eigenvalue weighted by molar-refractivity contribution is 9.11. The van der Waals surface area contributed by atoms with Gasteiger partial charge in [-0.2, -0.15) is 0 Å². The van der Waals surface area contributed by atoms with Gasteiger partial charge in [-0.25, -0.2) is 4.79 Å². The van der Waals surface area contributed by atoms with E-state index in [0.29, 0.717) is 17.2 Å². The molecule has 0 unspecified atom stereocenters. The third kappa shape index (κ3) is 5.20. The first kappa shape index (κ1) is 24.9. The number of benzene rings is 2. The molecule has 0 saturated heterocycles. The zero-order chi connectivity index (χ0) is 24.6. The average molecular weight is 588 g/mol. The molecule has 1 atom stereocenters. The summed E-state index contributed by atoms with van der Waals surface area (Å²) in [5, 5.41) is 3.59. The first-order valence-electron chi connectivity index (χ1n) is 11.4. The van der Waals surface area contributed by atoms with E-state index in [1.807, 2.05) is 43.3 Å². The van der Waals surface area contributed by atoms with Gasteiger partial charge in [-0.3, -0.25) is 9.78 Å². The Balaban J connectivity index is 1.60. The lowest BCUT2D eigenvalue weighted by molar-refractivity contribution is -0.119. The zero-order valence-corrected chi connectivity index (χ0v) is 23.0. The summed E-state index contributed by atoms with van der Waals surface area (Å²) in [6.07, 6.45) is 2.65. The number of ether oxygens (including phenoxy) is 1. The second-order valence-electron chi connectivity index (χ2n) is 9.96. The number of anilines is 1. The van der Waals surface area contributed by atoms with Gasteiger partial charge < -0.3 is 10.1 Å². The van der Waals surface area contributed by atoms with E-state index in [9.17, 15) is 9.59 Å². The van der Waals surface area contributed by atoms with Crippen molar-refractivity contribution in [2.24, 2.45) is 11.3 Å². The van der Waals surface area contributed by atoms with E-state index >= 15 is 0 Å². The van der Waals surface area contributed by atoms with Crippen LogP contribution in [0.1, 0.15) is 54.4 Å². The lowest BCUT2D eigenvalue weighted by Gasteiger charge is -2.35. The number of hydrogen-bond donors (Lipinski definition) is 1. The summed E-state index contributed by atoms with van der Waals surface area (Å²) in [6, 6.07) is 11.5. The van der Waals surface area contributed by atoms with Crippen molar-refractivity contribution in [3.8, 4) is 0 Å². The lowest BCUT2D eigenvalue weighted by atomic mass is 9.70. The van der Waals surface area contributed by atoms with Crippen molar-refractivity contribution in [1.82, 2.24) is 4.98 Å². The SMILES string of the molecule is Cc1cc(Br)c(NC(=O)COC(=O)c2c3c(nc4ccccc24)CC[C@H](C(C)(C)C)C3)c(Br)c1. The van der Waals surface area contributed by atoms with Crippen molar-refractivity contribution in [3.05, 3.63) is 67.7 Å². The maximum atomic E-state index is 13.4. The Morgan fingerprint density at radius 1 is 1.15 bits per heavy atom. The highest BCUT2D eigenvalue weighted by Gasteiger charge is 2.33. The number of rotatable bonds is 4. The fraction of sp³-hybridized carbons (Fsp3) is 0.370. The molecule has 1 amide bonds. The predicted molar refractivity (Wildman–Crippen MR) is 142 cm³/mol. The topological polar surface area (TPSA) is 68.3 Å². The van der Waals surface area contributed by atoms with Gasteiger partial charge in [0.15, 0.2) is 6.61 Å². The van der Waals surface area contributed by atoms with Gasteiger partial charge in [-0.05, 0) is 98.7 Å². The monoisotopic (exact) mass is 586 g/mol. The highest BCUT2D eigenvalue weighted by atomic mass is 79.9. The molecule has 0 saturated carbocycles. The number of nitrogens with zero attached hydrogens (tertiary/aromatic N) is 1. The highest BCUT2D eigenvalue weighted by Crippen LogP contribution is 2.39. The van der Waals surface area contributed by atoms with Crippen LogP contribution in [0.3, 0.4) is 0 Å². The van der Waals surface area contributed by atoms with Gasteiger partial charge in [-0.15, -0.1) is 0 Å². The molecule has 0 fully saturated rings. The number of amides is 1. The standard InChI is InChI=1S/C27H28Br2N2O3/c1-15-11-19(28)25(20(29)12-15)31-23(32)14-34-26(33)24-17-7-5-6-8-21(17)30-22-10-9-16(13-18(22)24)27(2,3)4/h5-8,11-12,16H,9-10,13-14H2,1-4H3,(H,31,32)/t16-/m0/s1. The van der Waals surface area contributed by atoms with E-state index < -0.39 is 11.9 Å². The molecule has 34 heavy (non-hydrogen) atoms. The van der Waals surface area contributed by atoms with Crippen molar-refractivity contribution >= 4 is 60.3 Å². The third-order valence-electron chi connectivity index (χ3n) is 6.47. The summed E-state index contributed by atoms with van der Waals surface area (Å²) in [5.41, 5.74) is 5.01. The first-order valence-corrected chi connectivity index (χ1v) is 13.0. The largest absolute Gasteiger partial charge is 0.452 e. The molecule has 3 aromatic rings. The lowest BCUT2D eigenvalue weighted by Crippen LogP contribution is -2.29. The molecule has 0 bridgehead atoms. The number of esters is 1. The summed E-state index contributed by atoms with van der Waals surface area (Å²) < 4.78 is 7.05. The van der Waals surface area contributed by atoms with E-state index in [1.54, 1.807) is 0 Å². The van der Waals surface area contributed by atoms with Crippen LogP contribution in [-0.2, 0) is 22.4 Å². The maximum absolute atomic E-state index is 13.4. The van der Waals surface area contributed by atoms with Crippen LogP contribution in [0.15, 0.2) is 45.3 Å². The number of pyridine rings is 1. The van der Waals surface area contributed by atoms with Gasteiger partial charge in [0.1, 0.15) is 0 Å². The number of carbonyl (C=O) groups is 2. The summed E-state index contributed by atoms with van der Waals surface area (Å²) in [4.78, 5) is 30.9. The van der Waals surface area contributed by atoms with E-state index in [1.165, 1.54) is 0 Å². The quantitative estimate of drug-likeness (QED) is 0.333. The zero-order valence-electron chi connectivity index (χ0n) is 19.8. The van der Waals surface area contributed by atoms with E-state index in [-0.39, 0.29) is 12.0 Å². The minimum absolute atomic E-state index is 0.124. The molecule has 5 nitrogen and oxygen atoms in total. The molecule has 0 aliphatic heterocycles. The smallest absolute Gasteiger partial charge is 0.339 e. The van der Waals surface area contributed by atoms with Gasteiger partial charge in [0.25, 0.3) is 5.91 Å². The Labute approximate surface area is 216 Å². The Kier molecular flexibility index (Phi) is 7.15. The molecule has 0 spiro atoms. The van der Waals surface area contributed by atoms with Crippen LogP contribution >= 0.6 is 31.9 Å². The Morgan fingerprint density at radius 3 is 2.50 bits per heavy atom. The summed E-state index contributed by atoms with van der Waals surface area (Å²) in [5.74, 6) is -0.450. The normalized spacial score (nSPS) is 15.6. The molecule has 1 aliphatic rings. The number of para-hydroxylation sites is 1. The van der Waals surface area contributed by atoms with Crippen LogP contribution in [0, 0.1) is 18.3 Å². The van der Waals surface area contributed by atoms with Crippen molar-refractivity contribution < 1.29 is 14.3 Å². The molecular formula is C27H28Br2N2O3. The Hall–Kier alpha value is -2.25. The summed E-state index contributed by atoms with van der Waals surface area (Å²) in [7, 11) is 0. The number of carbonyl (C=O) groups excluding carboxylic acids is 2. The van der Waals surface area contributed by atoms with Gasteiger partial charge in [0, 0.05) is 20.0 Å². The van der Waals surface area contributed by atoms with Crippen LogP contribution < -0.4 is 5.32 Å². The molecule has 1 heterocycles. The van der Waals surface area contributed by atoms with Crippen LogP contribution in [0.5, 0.6) is 0 Å². The van der Waals surface area contributed by atoms with Crippen molar-refractivity contribution in [2.45, 2.75) is 47.0 Å². The third-order valence-corrected chi connectivity index (χ3v) is 7.72. The van der Waals surface area contributed by atoms with Crippen LogP contribution in [0.4, 0.5) is 5.69 Å². The number of halogens is 2. The van der Waals surface area contributed by atoms with Gasteiger partial charge >= 0.3 is 5.97 Å². The Morgan fingerprint density at radius 2 is 1.82 bits per heavy atom. The molecule has 4 rings (SSSR count). The van der Waals surface area contributed by atoms with Crippen LogP contribution in [-0.4, -0.2) is 23.5 Å². The molecule has 1 aromatic heterocycles. The summed E-state index contributed by atoms with van der Waals surface area (Å²) >= 11 is 6.95. The Bertz CT molecular complexity index is 1260. The fourth-order valence-corrected chi connectivity index (χ4v) is 6.17.